The smallest absolute Gasteiger partial charge is 0.343 e. The molecule has 0 saturated heterocycles. The van der Waals surface area contributed by atoms with Crippen LogP contribution in [0.2, 0.25) is 0 Å². The molecule has 1 atom stereocenters. The molecule has 1 aliphatic rings. The Morgan fingerprint density at radius 3 is 2.96 bits per heavy atom. The minimum Gasteiger partial charge on any atom is -0.493 e. The Morgan fingerprint density at radius 1 is 1.38 bits per heavy atom. The second kappa shape index (κ2) is 7.20. The van der Waals surface area contributed by atoms with Crippen molar-refractivity contribution in [1.82, 2.24) is 20.1 Å². The first-order valence-electron chi connectivity index (χ1n) is 7.86. The van der Waals surface area contributed by atoms with Gasteiger partial charge >= 0.3 is 5.69 Å². The van der Waals surface area contributed by atoms with Gasteiger partial charge in [0.05, 0.1) is 7.11 Å². The molecule has 0 saturated carbocycles. The van der Waals surface area contributed by atoms with Crippen LogP contribution in [0.3, 0.4) is 0 Å². The monoisotopic (exact) mass is 332 g/mol. The van der Waals surface area contributed by atoms with E-state index in [0.717, 1.165) is 12.2 Å². The quantitative estimate of drug-likeness (QED) is 0.830. The fourth-order valence-corrected chi connectivity index (χ4v) is 2.80. The standard InChI is InChI=1S/C16H20N4O4/c1-23-12-4-2-3-5-13(12)24-10-15(21)17-11-6-7-14-18-19-16(22)20(14)9-8-11/h2-5,11H,6-10H2,1H3,(H,17,21)(H,19,22). The number of ether oxygens (including phenoxy) is 2. The summed E-state index contributed by atoms with van der Waals surface area (Å²) < 4.78 is 12.3. The lowest BCUT2D eigenvalue weighted by molar-refractivity contribution is -0.123. The van der Waals surface area contributed by atoms with Gasteiger partial charge in [-0.25, -0.2) is 9.89 Å². The Morgan fingerprint density at radius 2 is 2.17 bits per heavy atom. The fourth-order valence-electron chi connectivity index (χ4n) is 2.80. The average Bonchev–Trinajstić information content (AvgIpc) is 2.82. The maximum atomic E-state index is 12.1. The van der Waals surface area contributed by atoms with Crippen LogP contribution < -0.4 is 20.5 Å². The average molecular weight is 332 g/mol. The number of hydrogen-bond donors (Lipinski definition) is 2. The summed E-state index contributed by atoms with van der Waals surface area (Å²) in [6.07, 6.45) is 2.08. The molecule has 0 fully saturated rings. The Hall–Kier alpha value is -2.77. The van der Waals surface area contributed by atoms with Crippen molar-refractivity contribution in [3.05, 3.63) is 40.6 Å². The second-order valence-corrected chi connectivity index (χ2v) is 5.63. The predicted octanol–water partition coefficient (Wildman–Crippen LogP) is 0.480. The van der Waals surface area contributed by atoms with Gasteiger partial charge in [-0.1, -0.05) is 12.1 Å². The number of carbonyl (C=O) groups excluding carboxylic acids is 1. The van der Waals surface area contributed by atoms with Crippen molar-refractivity contribution >= 4 is 5.91 Å². The highest BCUT2D eigenvalue weighted by Gasteiger charge is 2.20. The van der Waals surface area contributed by atoms with Gasteiger partial charge in [0.1, 0.15) is 5.82 Å². The van der Waals surface area contributed by atoms with Gasteiger partial charge in [0, 0.05) is 19.0 Å². The zero-order valence-electron chi connectivity index (χ0n) is 13.4. The van der Waals surface area contributed by atoms with Crippen LogP contribution in [0.4, 0.5) is 0 Å². The Bertz CT molecular complexity index is 767. The zero-order valence-corrected chi connectivity index (χ0v) is 13.4. The molecule has 1 amide bonds. The SMILES string of the molecule is COc1ccccc1OCC(=O)NC1CCc2n[nH]c(=O)n2CC1. The summed E-state index contributed by atoms with van der Waals surface area (Å²) in [5.41, 5.74) is -0.198. The van der Waals surface area contributed by atoms with Crippen LogP contribution in [-0.4, -0.2) is 40.4 Å². The summed E-state index contributed by atoms with van der Waals surface area (Å²) >= 11 is 0. The van der Waals surface area contributed by atoms with Gasteiger partial charge in [-0.15, -0.1) is 0 Å². The number of H-pyrrole nitrogens is 1. The first kappa shape index (κ1) is 16.1. The number of hydrogen-bond acceptors (Lipinski definition) is 5. The van der Waals surface area contributed by atoms with Crippen molar-refractivity contribution in [2.45, 2.75) is 31.8 Å². The van der Waals surface area contributed by atoms with Gasteiger partial charge in [-0.05, 0) is 25.0 Å². The molecule has 0 aliphatic carbocycles. The van der Waals surface area contributed by atoms with E-state index in [1.54, 1.807) is 23.8 Å². The molecule has 0 bridgehead atoms. The number of fused-ring (bicyclic) bond motifs is 1. The summed E-state index contributed by atoms with van der Waals surface area (Å²) in [4.78, 5) is 23.7. The molecule has 8 nitrogen and oxygen atoms in total. The van der Waals surface area contributed by atoms with Crippen molar-refractivity contribution in [3.63, 3.8) is 0 Å². The third-order valence-electron chi connectivity index (χ3n) is 4.05. The lowest BCUT2D eigenvalue weighted by atomic mass is 10.1. The van der Waals surface area contributed by atoms with E-state index in [2.05, 4.69) is 15.5 Å². The first-order valence-corrected chi connectivity index (χ1v) is 7.86. The summed E-state index contributed by atoms with van der Waals surface area (Å²) in [6, 6.07) is 7.18. The predicted molar refractivity (Wildman–Crippen MR) is 86.2 cm³/mol. The van der Waals surface area contributed by atoms with E-state index in [9.17, 15) is 9.59 Å². The summed E-state index contributed by atoms with van der Waals surface area (Å²) in [5, 5.41) is 9.40. The molecule has 128 valence electrons. The van der Waals surface area contributed by atoms with Crippen LogP contribution >= 0.6 is 0 Å². The molecule has 1 aromatic carbocycles. The molecule has 8 heteroatoms. The van der Waals surface area contributed by atoms with E-state index in [1.807, 2.05) is 12.1 Å². The first-order chi connectivity index (χ1) is 11.7. The normalized spacial score (nSPS) is 16.8. The topological polar surface area (TPSA) is 98.2 Å². The van der Waals surface area contributed by atoms with E-state index in [4.69, 9.17) is 9.47 Å². The van der Waals surface area contributed by atoms with Crippen LogP contribution in [0.1, 0.15) is 18.7 Å². The Labute approximate surface area is 138 Å². The number of aromatic nitrogens is 3. The maximum absolute atomic E-state index is 12.1. The van der Waals surface area contributed by atoms with E-state index in [0.29, 0.717) is 30.9 Å². The zero-order chi connectivity index (χ0) is 16.9. The second-order valence-electron chi connectivity index (χ2n) is 5.63. The molecular formula is C16H20N4O4. The number of benzene rings is 1. The van der Waals surface area contributed by atoms with Crippen LogP contribution in [0.15, 0.2) is 29.1 Å². The van der Waals surface area contributed by atoms with E-state index in [-0.39, 0.29) is 24.2 Å². The van der Waals surface area contributed by atoms with Gasteiger partial charge in [0.15, 0.2) is 18.1 Å². The highest BCUT2D eigenvalue weighted by atomic mass is 16.5. The number of aromatic amines is 1. The Kier molecular flexibility index (Phi) is 4.83. The molecule has 0 spiro atoms. The number of methoxy groups -OCH3 is 1. The molecule has 1 unspecified atom stereocenters. The van der Waals surface area contributed by atoms with Gasteiger partial charge in [0.2, 0.25) is 0 Å². The van der Waals surface area contributed by atoms with Crippen LogP contribution in [0.5, 0.6) is 11.5 Å². The molecule has 24 heavy (non-hydrogen) atoms. The number of nitrogens with one attached hydrogen (secondary N) is 2. The maximum Gasteiger partial charge on any atom is 0.343 e. The number of rotatable bonds is 5. The van der Waals surface area contributed by atoms with Crippen LogP contribution in [-0.2, 0) is 17.8 Å². The van der Waals surface area contributed by atoms with Crippen molar-refractivity contribution in [2.24, 2.45) is 0 Å². The Balaban J connectivity index is 1.51. The van der Waals surface area contributed by atoms with Crippen LogP contribution in [0, 0.1) is 0 Å². The van der Waals surface area contributed by atoms with E-state index >= 15 is 0 Å². The highest BCUT2D eigenvalue weighted by molar-refractivity contribution is 5.77. The molecule has 2 heterocycles. The van der Waals surface area contributed by atoms with Gasteiger partial charge < -0.3 is 14.8 Å². The number of carbonyl (C=O) groups is 1. The number of nitrogens with zero attached hydrogens (tertiary/aromatic N) is 2. The number of para-hydroxylation sites is 2. The van der Waals surface area contributed by atoms with Crippen molar-refractivity contribution in [3.8, 4) is 11.5 Å². The van der Waals surface area contributed by atoms with Gasteiger partial charge in [0.25, 0.3) is 5.91 Å². The van der Waals surface area contributed by atoms with Crippen molar-refractivity contribution in [1.29, 1.82) is 0 Å². The summed E-state index contributed by atoms with van der Waals surface area (Å²) in [7, 11) is 1.55. The molecule has 3 rings (SSSR count). The molecule has 1 aliphatic heterocycles. The lowest BCUT2D eigenvalue weighted by Gasteiger charge is -2.16. The van der Waals surface area contributed by atoms with Gasteiger partial charge in [-0.3, -0.25) is 9.36 Å². The lowest BCUT2D eigenvalue weighted by Crippen LogP contribution is -2.38. The molecule has 1 aromatic heterocycles. The minimum absolute atomic E-state index is 0.000121. The number of amides is 1. The van der Waals surface area contributed by atoms with Crippen LogP contribution in [0.25, 0.3) is 0 Å². The third kappa shape index (κ3) is 3.58. The molecular weight excluding hydrogens is 312 g/mol. The van der Waals surface area contributed by atoms with Crippen molar-refractivity contribution < 1.29 is 14.3 Å². The molecule has 0 radical (unpaired) electrons. The van der Waals surface area contributed by atoms with Crippen molar-refractivity contribution in [2.75, 3.05) is 13.7 Å². The summed E-state index contributed by atoms with van der Waals surface area (Å²) in [6.45, 7) is 0.463. The summed E-state index contributed by atoms with van der Waals surface area (Å²) in [5.74, 6) is 1.66. The highest BCUT2D eigenvalue weighted by Crippen LogP contribution is 2.25. The van der Waals surface area contributed by atoms with E-state index in [1.165, 1.54) is 0 Å². The third-order valence-corrected chi connectivity index (χ3v) is 4.05. The largest absolute Gasteiger partial charge is 0.493 e. The van der Waals surface area contributed by atoms with E-state index < -0.39 is 0 Å². The number of aryl methyl sites for hydroxylation is 1. The fraction of sp³-hybridized carbons (Fsp3) is 0.438. The van der Waals surface area contributed by atoms with Gasteiger partial charge in [-0.2, -0.15) is 5.10 Å². The molecule has 2 N–H and O–H groups in total. The minimum atomic E-state index is -0.198. The molecule has 2 aromatic rings.